The van der Waals surface area contributed by atoms with Gasteiger partial charge in [0.25, 0.3) is 0 Å². The van der Waals surface area contributed by atoms with Gasteiger partial charge in [-0.3, -0.25) is 4.79 Å². The lowest BCUT2D eigenvalue weighted by Gasteiger charge is -2.00. The molecule has 0 bridgehead atoms. The molecule has 3 heteroatoms. The van der Waals surface area contributed by atoms with Crippen LogP contribution in [-0.2, 0) is 9.53 Å². The number of esters is 1. The van der Waals surface area contributed by atoms with E-state index in [1.165, 1.54) is 0 Å². The first-order chi connectivity index (χ1) is 4.24. The third-order valence-corrected chi connectivity index (χ3v) is 2.46. The van der Waals surface area contributed by atoms with E-state index >= 15 is 0 Å². The molecule has 2 unspecified atom stereocenters. The summed E-state index contributed by atoms with van der Waals surface area (Å²) in [7, 11) is 0. The largest absolute Gasteiger partial charge is 0.461 e. The number of carbonyl (C=O) groups is 1. The highest BCUT2D eigenvalue weighted by atomic mass is 127. The second-order valence-electron chi connectivity index (χ2n) is 2.35. The average Bonchev–Trinajstić information content (AvgIpc) is 2.13. The van der Waals surface area contributed by atoms with E-state index in [4.69, 9.17) is 4.74 Å². The topological polar surface area (TPSA) is 26.3 Å². The van der Waals surface area contributed by atoms with E-state index in [-0.39, 0.29) is 18.0 Å². The van der Waals surface area contributed by atoms with Crippen molar-refractivity contribution in [3.8, 4) is 0 Å². The Morgan fingerprint density at radius 2 is 2.56 bits per heavy atom. The Kier molecular flexibility index (Phi) is 2.32. The summed E-state index contributed by atoms with van der Waals surface area (Å²) in [5.74, 6) is 0.0985. The number of halogens is 1. The first-order valence-corrected chi connectivity index (χ1v) is 4.53. The molecule has 0 radical (unpaired) electrons. The molecule has 0 aromatic rings. The van der Waals surface area contributed by atoms with Crippen LogP contribution < -0.4 is 0 Å². The molecule has 9 heavy (non-hydrogen) atoms. The van der Waals surface area contributed by atoms with E-state index in [9.17, 15) is 4.79 Å². The van der Waals surface area contributed by atoms with Crippen LogP contribution in [0.1, 0.15) is 13.3 Å². The molecule has 0 saturated carbocycles. The van der Waals surface area contributed by atoms with Gasteiger partial charge in [0, 0.05) is 4.43 Å². The minimum Gasteiger partial charge on any atom is -0.461 e. The first kappa shape index (κ1) is 7.31. The molecule has 1 fully saturated rings. The highest BCUT2D eigenvalue weighted by molar-refractivity contribution is 14.1. The van der Waals surface area contributed by atoms with Crippen molar-refractivity contribution in [3.05, 3.63) is 0 Å². The Balaban J connectivity index is 2.44. The molecule has 52 valence electrons. The predicted octanol–water partition coefficient (Wildman–Crippen LogP) is 1.37. The summed E-state index contributed by atoms with van der Waals surface area (Å²) >= 11 is 2.23. The number of hydrogen-bond acceptors (Lipinski definition) is 2. The van der Waals surface area contributed by atoms with E-state index in [0.29, 0.717) is 0 Å². The van der Waals surface area contributed by atoms with Crippen LogP contribution in [0.15, 0.2) is 0 Å². The minimum absolute atomic E-state index is 0.0309. The van der Waals surface area contributed by atoms with E-state index < -0.39 is 0 Å². The van der Waals surface area contributed by atoms with Gasteiger partial charge >= 0.3 is 5.97 Å². The fourth-order valence-electron chi connectivity index (χ4n) is 0.914. The lowest BCUT2D eigenvalue weighted by atomic mass is 10.1. The van der Waals surface area contributed by atoms with Crippen LogP contribution in [0.5, 0.6) is 0 Å². The van der Waals surface area contributed by atoms with E-state index in [2.05, 4.69) is 22.6 Å². The second kappa shape index (κ2) is 2.86. The van der Waals surface area contributed by atoms with Gasteiger partial charge in [0.1, 0.15) is 6.10 Å². The van der Waals surface area contributed by atoms with Crippen molar-refractivity contribution in [1.82, 2.24) is 0 Å². The Labute approximate surface area is 68.1 Å². The summed E-state index contributed by atoms with van der Waals surface area (Å²) in [5.41, 5.74) is 0. The Bertz CT molecular complexity index is 124. The summed E-state index contributed by atoms with van der Waals surface area (Å²) in [4.78, 5) is 10.7. The van der Waals surface area contributed by atoms with Gasteiger partial charge in [-0.15, -0.1) is 0 Å². The van der Waals surface area contributed by atoms with Crippen LogP contribution in [0.4, 0.5) is 0 Å². The van der Waals surface area contributed by atoms with Gasteiger partial charge in [-0.25, -0.2) is 0 Å². The van der Waals surface area contributed by atoms with Gasteiger partial charge in [-0.05, 0) is 6.42 Å². The maximum atomic E-state index is 10.7. The number of carbonyl (C=O) groups excluding carboxylic acids is 1. The van der Waals surface area contributed by atoms with Gasteiger partial charge in [-0.2, -0.15) is 0 Å². The number of cyclic esters (lactones) is 1. The molecule has 1 saturated heterocycles. The number of rotatable bonds is 1. The minimum atomic E-state index is -0.0309. The molecule has 0 spiro atoms. The number of alkyl halides is 1. The SMILES string of the molecule is CC1CC(CI)OC1=O. The first-order valence-electron chi connectivity index (χ1n) is 3.00. The molecular weight excluding hydrogens is 231 g/mol. The molecule has 2 atom stereocenters. The number of ether oxygens (including phenoxy) is 1. The van der Waals surface area contributed by atoms with Crippen molar-refractivity contribution >= 4 is 28.6 Å². The van der Waals surface area contributed by atoms with Crippen LogP contribution in [0, 0.1) is 5.92 Å². The highest BCUT2D eigenvalue weighted by Crippen LogP contribution is 2.21. The van der Waals surface area contributed by atoms with Gasteiger partial charge in [0.2, 0.25) is 0 Å². The Morgan fingerprint density at radius 1 is 1.89 bits per heavy atom. The van der Waals surface area contributed by atoms with Crippen molar-refractivity contribution in [2.24, 2.45) is 5.92 Å². The summed E-state index contributed by atoms with van der Waals surface area (Å²) in [6.45, 7) is 1.91. The van der Waals surface area contributed by atoms with Crippen molar-refractivity contribution in [2.45, 2.75) is 19.4 Å². The summed E-state index contributed by atoms with van der Waals surface area (Å²) in [6.07, 6.45) is 1.09. The zero-order valence-corrected chi connectivity index (χ0v) is 7.42. The molecule has 1 aliphatic rings. The van der Waals surface area contributed by atoms with Crippen molar-refractivity contribution in [2.75, 3.05) is 4.43 Å². The molecule has 1 aliphatic heterocycles. The number of hydrogen-bond donors (Lipinski definition) is 0. The van der Waals surface area contributed by atoms with Gasteiger partial charge in [-0.1, -0.05) is 29.5 Å². The molecular formula is C6H9IO2. The molecule has 1 heterocycles. The predicted molar refractivity (Wildman–Crippen MR) is 42.5 cm³/mol. The molecule has 1 rings (SSSR count). The smallest absolute Gasteiger partial charge is 0.309 e. The standard InChI is InChI=1S/C6H9IO2/c1-4-2-5(3-7)9-6(4)8/h4-5H,2-3H2,1H3. The fourth-order valence-corrected chi connectivity index (χ4v) is 1.45. The Hall–Kier alpha value is 0.200. The van der Waals surface area contributed by atoms with Gasteiger partial charge in [0.05, 0.1) is 5.92 Å². The van der Waals surface area contributed by atoms with Gasteiger partial charge in [0.15, 0.2) is 0 Å². The zero-order chi connectivity index (χ0) is 6.85. The van der Waals surface area contributed by atoms with Crippen molar-refractivity contribution in [1.29, 1.82) is 0 Å². The quantitative estimate of drug-likeness (QED) is 0.393. The third kappa shape index (κ3) is 1.56. The molecule has 0 aromatic heterocycles. The normalized spacial score (nSPS) is 34.7. The van der Waals surface area contributed by atoms with Crippen molar-refractivity contribution in [3.63, 3.8) is 0 Å². The molecule has 0 amide bonds. The van der Waals surface area contributed by atoms with E-state index in [1.54, 1.807) is 0 Å². The lowest BCUT2D eigenvalue weighted by molar-refractivity contribution is -0.143. The monoisotopic (exact) mass is 240 g/mol. The summed E-state index contributed by atoms with van der Waals surface area (Å²) in [6, 6.07) is 0. The second-order valence-corrected chi connectivity index (χ2v) is 3.23. The van der Waals surface area contributed by atoms with E-state index in [1.807, 2.05) is 6.92 Å². The molecule has 0 aliphatic carbocycles. The summed E-state index contributed by atoms with van der Waals surface area (Å²) in [5, 5.41) is 0. The fraction of sp³-hybridized carbons (Fsp3) is 0.833. The van der Waals surface area contributed by atoms with Crippen LogP contribution in [0.2, 0.25) is 0 Å². The van der Waals surface area contributed by atoms with Crippen LogP contribution >= 0.6 is 22.6 Å². The maximum absolute atomic E-state index is 10.7. The molecule has 0 N–H and O–H groups in total. The molecule has 2 nitrogen and oxygen atoms in total. The lowest BCUT2D eigenvalue weighted by Crippen LogP contribution is -2.06. The molecule has 0 aromatic carbocycles. The summed E-state index contributed by atoms with van der Waals surface area (Å²) < 4.78 is 5.90. The van der Waals surface area contributed by atoms with Gasteiger partial charge < -0.3 is 4.74 Å². The third-order valence-electron chi connectivity index (χ3n) is 1.47. The van der Waals surface area contributed by atoms with E-state index in [0.717, 1.165) is 10.8 Å². The van der Waals surface area contributed by atoms with Crippen molar-refractivity contribution < 1.29 is 9.53 Å². The van der Waals surface area contributed by atoms with Crippen LogP contribution in [0.25, 0.3) is 0 Å². The van der Waals surface area contributed by atoms with Crippen LogP contribution in [-0.4, -0.2) is 16.5 Å². The van der Waals surface area contributed by atoms with Crippen LogP contribution in [0.3, 0.4) is 0 Å². The zero-order valence-electron chi connectivity index (χ0n) is 5.26. The average molecular weight is 240 g/mol. The Morgan fingerprint density at radius 3 is 2.78 bits per heavy atom. The highest BCUT2D eigenvalue weighted by Gasteiger charge is 2.29. The maximum Gasteiger partial charge on any atom is 0.309 e.